The van der Waals surface area contributed by atoms with E-state index in [-0.39, 0.29) is 18.9 Å². The van der Waals surface area contributed by atoms with Gasteiger partial charge in [-0.3, -0.25) is 9.59 Å². The van der Waals surface area contributed by atoms with E-state index in [0.717, 1.165) is 16.2 Å². The van der Waals surface area contributed by atoms with E-state index in [0.29, 0.717) is 34.7 Å². The SMILES string of the molecule is O=C(CCCNC(=O)c1ccc(Cl)cc1)OCc1cc(=O)oc2ccc3ccccc3c12. The molecule has 3 aromatic carbocycles. The number of carbonyl (C=O) groups excluding carboxylic acids is 2. The Morgan fingerprint density at radius 2 is 1.78 bits per heavy atom. The smallest absolute Gasteiger partial charge is 0.336 e. The predicted octanol–water partition coefficient (Wildman–Crippen LogP) is 4.85. The number of hydrogen-bond acceptors (Lipinski definition) is 5. The lowest BCUT2D eigenvalue weighted by atomic mass is 10.0. The molecule has 0 spiro atoms. The molecule has 0 radical (unpaired) electrons. The van der Waals surface area contributed by atoms with Crippen LogP contribution < -0.4 is 10.9 Å². The summed E-state index contributed by atoms with van der Waals surface area (Å²) in [4.78, 5) is 36.2. The standard InChI is InChI=1S/C25H20ClNO5/c26-19-10-7-17(8-11-19)25(30)27-13-3-6-22(28)31-15-18-14-23(29)32-21-12-9-16-4-1-2-5-20(16)24(18)21/h1-2,4-5,7-12,14H,3,6,13,15H2,(H,27,30). The van der Waals surface area contributed by atoms with E-state index in [1.54, 1.807) is 30.3 Å². The van der Waals surface area contributed by atoms with E-state index in [1.807, 2.05) is 30.3 Å². The number of benzene rings is 3. The van der Waals surface area contributed by atoms with Crippen LogP contribution in [0.1, 0.15) is 28.8 Å². The first kappa shape index (κ1) is 21.6. The zero-order valence-corrected chi connectivity index (χ0v) is 17.9. The van der Waals surface area contributed by atoms with Gasteiger partial charge < -0.3 is 14.5 Å². The fourth-order valence-electron chi connectivity index (χ4n) is 3.50. The summed E-state index contributed by atoms with van der Waals surface area (Å²) in [5, 5.41) is 5.99. The third kappa shape index (κ3) is 4.98. The van der Waals surface area contributed by atoms with Crippen LogP contribution in [-0.4, -0.2) is 18.4 Å². The maximum atomic E-state index is 12.2. The lowest BCUT2D eigenvalue weighted by Gasteiger charge is -2.10. The van der Waals surface area contributed by atoms with Crippen LogP contribution in [0.3, 0.4) is 0 Å². The molecule has 7 heteroatoms. The summed E-state index contributed by atoms with van der Waals surface area (Å²) in [6, 6.07) is 19.3. The average molecular weight is 450 g/mol. The fourth-order valence-corrected chi connectivity index (χ4v) is 3.63. The van der Waals surface area contributed by atoms with Crippen LogP contribution in [-0.2, 0) is 16.1 Å². The number of halogens is 1. The van der Waals surface area contributed by atoms with Crippen LogP contribution in [0, 0.1) is 0 Å². The molecule has 1 aromatic heterocycles. The van der Waals surface area contributed by atoms with Crippen LogP contribution in [0.5, 0.6) is 0 Å². The molecule has 0 aliphatic heterocycles. The Balaban J connectivity index is 1.35. The summed E-state index contributed by atoms with van der Waals surface area (Å²) < 4.78 is 10.7. The Kier molecular flexibility index (Phi) is 6.52. The Labute approximate surface area is 188 Å². The van der Waals surface area contributed by atoms with Gasteiger partial charge in [0.05, 0.1) is 0 Å². The summed E-state index contributed by atoms with van der Waals surface area (Å²) >= 11 is 5.82. The zero-order chi connectivity index (χ0) is 22.5. The summed E-state index contributed by atoms with van der Waals surface area (Å²) in [5.74, 6) is -0.642. The average Bonchev–Trinajstić information content (AvgIpc) is 2.80. The maximum absolute atomic E-state index is 12.2. The van der Waals surface area contributed by atoms with Crippen molar-refractivity contribution in [2.75, 3.05) is 6.54 Å². The molecular formula is C25H20ClNO5. The van der Waals surface area contributed by atoms with Gasteiger partial charge in [-0.05, 0) is 47.5 Å². The van der Waals surface area contributed by atoms with Crippen molar-refractivity contribution >= 4 is 45.2 Å². The van der Waals surface area contributed by atoms with Crippen LogP contribution >= 0.6 is 11.6 Å². The highest BCUT2D eigenvalue weighted by Crippen LogP contribution is 2.27. The largest absolute Gasteiger partial charge is 0.461 e. The second-order valence-electron chi connectivity index (χ2n) is 7.28. The first-order valence-electron chi connectivity index (χ1n) is 10.1. The van der Waals surface area contributed by atoms with Gasteiger partial charge in [-0.15, -0.1) is 0 Å². The van der Waals surface area contributed by atoms with Crippen molar-refractivity contribution < 1.29 is 18.7 Å². The summed E-state index contributed by atoms with van der Waals surface area (Å²) in [6.45, 7) is 0.297. The van der Waals surface area contributed by atoms with E-state index >= 15 is 0 Å². The van der Waals surface area contributed by atoms with E-state index < -0.39 is 11.6 Å². The van der Waals surface area contributed by atoms with Crippen LogP contribution in [0.2, 0.25) is 5.02 Å². The second-order valence-corrected chi connectivity index (χ2v) is 7.71. The van der Waals surface area contributed by atoms with Gasteiger partial charge in [0.15, 0.2) is 0 Å². The van der Waals surface area contributed by atoms with Crippen molar-refractivity contribution in [1.82, 2.24) is 5.32 Å². The Morgan fingerprint density at radius 1 is 1.00 bits per heavy atom. The molecule has 0 aliphatic rings. The van der Waals surface area contributed by atoms with Gasteiger partial charge >= 0.3 is 11.6 Å². The molecule has 162 valence electrons. The van der Waals surface area contributed by atoms with Crippen LogP contribution in [0.4, 0.5) is 0 Å². The van der Waals surface area contributed by atoms with Crippen molar-refractivity contribution in [3.8, 4) is 0 Å². The van der Waals surface area contributed by atoms with Gasteiger partial charge in [0.25, 0.3) is 5.91 Å². The molecule has 0 unspecified atom stereocenters. The first-order chi connectivity index (χ1) is 15.5. The molecule has 1 heterocycles. The minimum atomic E-state index is -0.497. The zero-order valence-electron chi connectivity index (χ0n) is 17.1. The number of ether oxygens (including phenoxy) is 1. The third-order valence-electron chi connectivity index (χ3n) is 5.05. The molecule has 1 amide bonds. The summed E-state index contributed by atoms with van der Waals surface area (Å²) in [7, 11) is 0. The van der Waals surface area contributed by atoms with Crippen LogP contribution in [0.15, 0.2) is 75.9 Å². The molecule has 0 saturated carbocycles. The fraction of sp³-hybridized carbons (Fsp3) is 0.160. The molecule has 0 saturated heterocycles. The van der Waals surface area contributed by atoms with Gasteiger partial charge in [0.2, 0.25) is 0 Å². The van der Waals surface area contributed by atoms with Crippen molar-refractivity contribution in [3.05, 3.63) is 93.3 Å². The predicted molar refractivity (Wildman–Crippen MR) is 123 cm³/mol. The number of fused-ring (bicyclic) bond motifs is 3. The molecule has 6 nitrogen and oxygen atoms in total. The van der Waals surface area contributed by atoms with Gasteiger partial charge in [0, 0.05) is 40.6 Å². The number of amides is 1. The first-order valence-corrected chi connectivity index (χ1v) is 10.5. The van der Waals surface area contributed by atoms with Crippen molar-refractivity contribution in [2.24, 2.45) is 0 Å². The molecule has 0 fully saturated rings. The van der Waals surface area contributed by atoms with E-state index in [9.17, 15) is 14.4 Å². The molecule has 4 rings (SSSR count). The van der Waals surface area contributed by atoms with E-state index in [2.05, 4.69) is 5.32 Å². The maximum Gasteiger partial charge on any atom is 0.336 e. The molecule has 0 aliphatic carbocycles. The highest BCUT2D eigenvalue weighted by Gasteiger charge is 2.12. The number of rotatable bonds is 7. The molecule has 0 bridgehead atoms. The van der Waals surface area contributed by atoms with E-state index in [1.165, 1.54) is 6.07 Å². The van der Waals surface area contributed by atoms with Gasteiger partial charge in [-0.1, -0.05) is 41.9 Å². The lowest BCUT2D eigenvalue weighted by molar-refractivity contribution is -0.145. The number of esters is 1. The molecular weight excluding hydrogens is 430 g/mol. The van der Waals surface area contributed by atoms with Gasteiger partial charge in [-0.25, -0.2) is 4.79 Å². The number of nitrogens with one attached hydrogen (secondary N) is 1. The van der Waals surface area contributed by atoms with Crippen LogP contribution in [0.25, 0.3) is 21.7 Å². The number of hydrogen-bond donors (Lipinski definition) is 1. The normalized spacial score (nSPS) is 10.9. The van der Waals surface area contributed by atoms with Crippen molar-refractivity contribution in [3.63, 3.8) is 0 Å². The molecule has 1 N–H and O–H groups in total. The topological polar surface area (TPSA) is 85.6 Å². The second kappa shape index (κ2) is 9.66. The summed E-state index contributed by atoms with van der Waals surface area (Å²) in [6.07, 6.45) is 0.569. The summed E-state index contributed by atoms with van der Waals surface area (Å²) in [5.41, 5.74) is 1.05. The Morgan fingerprint density at radius 3 is 2.59 bits per heavy atom. The molecule has 4 aromatic rings. The van der Waals surface area contributed by atoms with Crippen molar-refractivity contribution in [1.29, 1.82) is 0 Å². The minimum Gasteiger partial charge on any atom is -0.461 e. The Hall–Kier alpha value is -3.64. The number of carbonyl (C=O) groups is 2. The Bertz CT molecular complexity index is 1340. The van der Waals surface area contributed by atoms with E-state index in [4.69, 9.17) is 20.8 Å². The lowest BCUT2D eigenvalue weighted by Crippen LogP contribution is -2.25. The van der Waals surface area contributed by atoms with Gasteiger partial charge in [0.1, 0.15) is 12.2 Å². The highest BCUT2D eigenvalue weighted by atomic mass is 35.5. The monoisotopic (exact) mass is 449 g/mol. The van der Waals surface area contributed by atoms with Gasteiger partial charge in [-0.2, -0.15) is 0 Å². The molecule has 32 heavy (non-hydrogen) atoms. The quantitative estimate of drug-likeness (QED) is 0.188. The highest BCUT2D eigenvalue weighted by molar-refractivity contribution is 6.30. The van der Waals surface area contributed by atoms with Crippen molar-refractivity contribution in [2.45, 2.75) is 19.4 Å². The minimum absolute atomic E-state index is 0.0356. The third-order valence-corrected chi connectivity index (χ3v) is 5.30. The molecule has 0 atom stereocenters.